The minimum Gasteiger partial charge on any atom is -0.366 e. The molecule has 0 aliphatic rings. The standard InChI is InChI=1S/C18H16FN5/c19-13-7-5-12(6-8-13)15-11-24-16-4-2-1-3-14(16)22-17(18(24)23-15)21-10-9-20/h1-8,11H,9-10,20H2,(H,21,22). The van der Waals surface area contributed by atoms with E-state index in [2.05, 4.69) is 10.3 Å². The molecule has 5 nitrogen and oxygen atoms in total. The summed E-state index contributed by atoms with van der Waals surface area (Å²) in [5.74, 6) is 0.424. The smallest absolute Gasteiger partial charge is 0.181 e. The van der Waals surface area contributed by atoms with Crippen molar-refractivity contribution in [3.63, 3.8) is 0 Å². The Hall–Kier alpha value is -2.99. The van der Waals surface area contributed by atoms with Crippen molar-refractivity contribution in [2.75, 3.05) is 18.4 Å². The van der Waals surface area contributed by atoms with Crippen molar-refractivity contribution in [2.45, 2.75) is 0 Å². The molecule has 6 heteroatoms. The van der Waals surface area contributed by atoms with E-state index in [4.69, 9.17) is 10.7 Å². The Balaban J connectivity index is 1.95. The molecule has 2 aromatic heterocycles. The molecular formula is C18H16FN5. The Morgan fingerprint density at radius 1 is 1.04 bits per heavy atom. The fraction of sp³-hybridized carbons (Fsp3) is 0.111. The van der Waals surface area contributed by atoms with Crippen LogP contribution < -0.4 is 11.1 Å². The van der Waals surface area contributed by atoms with E-state index in [1.165, 1.54) is 12.1 Å². The predicted octanol–water partition coefficient (Wildman–Crippen LogP) is 3.06. The van der Waals surface area contributed by atoms with Crippen LogP contribution in [-0.4, -0.2) is 27.5 Å². The van der Waals surface area contributed by atoms with Gasteiger partial charge in [-0.1, -0.05) is 12.1 Å². The van der Waals surface area contributed by atoms with Gasteiger partial charge in [0.1, 0.15) is 5.82 Å². The molecule has 0 saturated heterocycles. The molecule has 0 radical (unpaired) electrons. The van der Waals surface area contributed by atoms with Crippen molar-refractivity contribution < 1.29 is 4.39 Å². The first-order chi connectivity index (χ1) is 11.8. The normalized spacial score (nSPS) is 11.2. The number of hydrogen-bond donors (Lipinski definition) is 2. The van der Waals surface area contributed by atoms with Gasteiger partial charge in [0.15, 0.2) is 11.5 Å². The lowest BCUT2D eigenvalue weighted by Crippen LogP contribution is -2.14. The Morgan fingerprint density at radius 3 is 2.62 bits per heavy atom. The number of imidazole rings is 1. The van der Waals surface area contributed by atoms with E-state index in [1.54, 1.807) is 12.1 Å². The lowest BCUT2D eigenvalue weighted by atomic mass is 10.2. The molecule has 0 fully saturated rings. The van der Waals surface area contributed by atoms with E-state index in [-0.39, 0.29) is 5.82 Å². The zero-order valence-corrected chi connectivity index (χ0v) is 12.9. The van der Waals surface area contributed by atoms with Gasteiger partial charge in [0.2, 0.25) is 0 Å². The zero-order chi connectivity index (χ0) is 16.5. The summed E-state index contributed by atoms with van der Waals surface area (Å²) < 4.78 is 15.2. The Kier molecular flexibility index (Phi) is 3.59. The summed E-state index contributed by atoms with van der Waals surface area (Å²) in [5, 5.41) is 3.22. The minimum absolute atomic E-state index is 0.264. The highest BCUT2D eigenvalue weighted by atomic mass is 19.1. The summed E-state index contributed by atoms with van der Waals surface area (Å²) in [4.78, 5) is 9.34. The monoisotopic (exact) mass is 321 g/mol. The first-order valence-electron chi connectivity index (χ1n) is 7.74. The molecule has 120 valence electrons. The van der Waals surface area contributed by atoms with Crippen molar-refractivity contribution in [1.29, 1.82) is 0 Å². The summed E-state index contributed by atoms with van der Waals surface area (Å²) in [5.41, 5.74) is 9.77. The number of para-hydroxylation sites is 2. The number of benzene rings is 2. The average molecular weight is 321 g/mol. The van der Waals surface area contributed by atoms with Crippen molar-refractivity contribution in [2.24, 2.45) is 5.73 Å². The fourth-order valence-corrected chi connectivity index (χ4v) is 2.73. The van der Waals surface area contributed by atoms with Gasteiger partial charge >= 0.3 is 0 Å². The molecule has 4 aromatic rings. The van der Waals surface area contributed by atoms with E-state index < -0.39 is 0 Å². The van der Waals surface area contributed by atoms with Crippen LogP contribution in [-0.2, 0) is 0 Å². The number of fused-ring (bicyclic) bond motifs is 3. The fourth-order valence-electron chi connectivity index (χ4n) is 2.73. The summed E-state index contributed by atoms with van der Waals surface area (Å²) in [6.45, 7) is 1.12. The number of nitrogens with one attached hydrogen (secondary N) is 1. The molecule has 24 heavy (non-hydrogen) atoms. The molecule has 0 amide bonds. The highest BCUT2D eigenvalue weighted by molar-refractivity contribution is 5.84. The highest BCUT2D eigenvalue weighted by Crippen LogP contribution is 2.26. The van der Waals surface area contributed by atoms with E-state index in [0.717, 1.165) is 27.9 Å². The SMILES string of the molecule is NCCNc1nc2ccccc2n2cc(-c3ccc(F)cc3)nc12. The Labute approximate surface area is 138 Å². The molecule has 0 saturated carbocycles. The van der Waals surface area contributed by atoms with Crippen molar-refractivity contribution >= 4 is 22.5 Å². The largest absolute Gasteiger partial charge is 0.366 e. The number of rotatable bonds is 4. The molecular weight excluding hydrogens is 305 g/mol. The van der Waals surface area contributed by atoms with E-state index in [9.17, 15) is 4.39 Å². The van der Waals surface area contributed by atoms with Crippen LogP contribution in [0.5, 0.6) is 0 Å². The third-order valence-electron chi connectivity index (χ3n) is 3.87. The average Bonchev–Trinajstić information content (AvgIpc) is 3.06. The van der Waals surface area contributed by atoms with Gasteiger partial charge < -0.3 is 11.1 Å². The molecule has 0 aliphatic heterocycles. The second-order valence-corrected chi connectivity index (χ2v) is 5.49. The summed E-state index contributed by atoms with van der Waals surface area (Å²) in [7, 11) is 0. The van der Waals surface area contributed by atoms with E-state index >= 15 is 0 Å². The van der Waals surface area contributed by atoms with Crippen LogP contribution in [0.3, 0.4) is 0 Å². The van der Waals surface area contributed by atoms with Gasteiger partial charge in [0.25, 0.3) is 0 Å². The van der Waals surface area contributed by atoms with Gasteiger partial charge in [0.05, 0.1) is 16.7 Å². The Morgan fingerprint density at radius 2 is 1.83 bits per heavy atom. The number of halogens is 1. The molecule has 0 atom stereocenters. The van der Waals surface area contributed by atoms with Crippen LogP contribution in [0.2, 0.25) is 0 Å². The number of nitrogens with two attached hydrogens (primary N) is 1. The van der Waals surface area contributed by atoms with Crippen molar-refractivity contribution in [3.05, 3.63) is 60.5 Å². The van der Waals surface area contributed by atoms with Crippen LogP contribution in [0.4, 0.5) is 10.2 Å². The molecule has 0 bridgehead atoms. The Bertz CT molecular complexity index is 1010. The van der Waals surface area contributed by atoms with Crippen LogP contribution in [0.1, 0.15) is 0 Å². The molecule has 0 spiro atoms. The third kappa shape index (κ3) is 2.47. The second-order valence-electron chi connectivity index (χ2n) is 5.49. The first-order valence-corrected chi connectivity index (χ1v) is 7.74. The van der Waals surface area contributed by atoms with Crippen LogP contribution in [0, 0.1) is 5.82 Å². The third-order valence-corrected chi connectivity index (χ3v) is 3.87. The number of hydrogen-bond acceptors (Lipinski definition) is 4. The number of anilines is 1. The van der Waals surface area contributed by atoms with E-state index in [1.807, 2.05) is 34.9 Å². The maximum atomic E-state index is 13.2. The topological polar surface area (TPSA) is 68.2 Å². The zero-order valence-electron chi connectivity index (χ0n) is 12.9. The van der Waals surface area contributed by atoms with Gasteiger partial charge in [-0.15, -0.1) is 0 Å². The maximum Gasteiger partial charge on any atom is 0.181 e. The van der Waals surface area contributed by atoms with Crippen LogP contribution in [0.25, 0.3) is 27.9 Å². The molecule has 2 aromatic carbocycles. The minimum atomic E-state index is -0.264. The molecule has 3 N–H and O–H groups in total. The number of nitrogens with zero attached hydrogens (tertiary/aromatic N) is 3. The first kappa shape index (κ1) is 14.6. The van der Waals surface area contributed by atoms with Gasteiger partial charge in [-0.2, -0.15) is 0 Å². The lowest BCUT2D eigenvalue weighted by molar-refractivity contribution is 0.628. The molecule has 2 heterocycles. The molecule has 4 rings (SSSR count). The van der Waals surface area contributed by atoms with E-state index in [0.29, 0.717) is 18.9 Å². The van der Waals surface area contributed by atoms with Gasteiger partial charge in [-0.3, -0.25) is 4.40 Å². The summed E-state index contributed by atoms with van der Waals surface area (Å²) in [6.07, 6.45) is 1.94. The van der Waals surface area contributed by atoms with Gasteiger partial charge in [-0.05, 0) is 36.4 Å². The molecule has 0 aliphatic carbocycles. The quantitative estimate of drug-likeness (QED) is 0.606. The van der Waals surface area contributed by atoms with Crippen molar-refractivity contribution in [3.8, 4) is 11.3 Å². The predicted molar refractivity (Wildman–Crippen MR) is 93.4 cm³/mol. The second kappa shape index (κ2) is 5.90. The van der Waals surface area contributed by atoms with Crippen molar-refractivity contribution in [1.82, 2.24) is 14.4 Å². The summed E-state index contributed by atoms with van der Waals surface area (Å²) in [6, 6.07) is 14.2. The lowest BCUT2D eigenvalue weighted by Gasteiger charge is -2.08. The van der Waals surface area contributed by atoms with Gasteiger partial charge in [-0.25, -0.2) is 14.4 Å². The summed E-state index contributed by atoms with van der Waals surface area (Å²) >= 11 is 0. The van der Waals surface area contributed by atoms with Gasteiger partial charge in [0, 0.05) is 24.8 Å². The van der Waals surface area contributed by atoms with Crippen LogP contribution in [0.15, 0.2) is 54.7 Å². The maximum absolute atomic E-state index is 13.2. The number of aromatic nitrogens is 3. The van der Waals surface area contributed by atoms with Crippen LogP contribution >= 0.6 is 0 Å². The highest BCUT2D eigenvalue weighted by Gasteiger charge is 2.12. The molecule has 0 unspecified atom stereocenters.